The van der Waals surface area contributed by atoms with Crippen LogP contribution in [-0.4, -0.2) is 30.1 Å². The Labute approximate surface area is 96.4 Å². The Bertz CT molecular complexity index is 424. The highest BCUT2D eigenvalue weighted by Gasteiger charge is 2.27. The lowest BCUT2D eigenvalue weighted by Gasteiger charge is -2.16. The summed E-state index contributed by atoms with van der Waals surface area (Å²) in [6.45, 7) is -2.00. The van der Waals surface area contributed by atoms with Crippen LogP contribution in [0.3, 0.4) is 0 Å². The molecule has 0 aliphatic carbocycles. The van der Waals surface area contributed by atoms with E-state index in [2.05, 4.69) is 5.32 Å². The van der Waals surface area contributed by atoms with E-state index in [1.807, 2.05) is 0 Å². The minimum absolute atomic E-state index is 0.134. The topological polar surface area (TPSA) is 101 Å². The molecule has 0 radical (unpaired) electrons. The average Bonchev–Trinajstić information content (AvgIpc) is 2.27. The van der Waals surface area contributed by atoms with Gasteiger partial charge in [0.2, 0.25) is 5.91 Å². The highest BCUT2D eigenvalue weighted by atomic mass is 19.3. The number of nitrogen functional groups attached to an aromatic ring is 1. The maximum absolute atomic E-state index is 12.8. The molecule has 17 heavy (non-hydrogen) atoms. The van der Waals surface area contributed by atoms with Crippen LogP contribution in [0.1, 0.15) is 10.4 Å². The molecule has 0 spiro atoms. The van der Waals surface area contributed by atoms with Gasteiger partial charge < -0.3 is 21.9 Å². The van der Waals surface area contributed by atoms with Gasteiger partial charge >= 0.3 is 0 Å². The normalized spacial score (nSPS) is 11.2. The molecule has 5 nitrogen and oxygen atoms in total. The van der Waals surface area contributed by atoms with Crippen molar-refractivity contribution in [2.24, 2.45) is 5.73 Å². The van der Waals surface area contributed by atoms with Gasteiger partial charge in [0.1, 0.15) is 6.61 Å². The summed E-state index contributed by atoms with van der Waals surface area (Å²) in [5, 5.41) is 10.8. The van der Waals surface area contributed by atoms with E-state index in [0.29, 0.717) is 0 Å². The third kappa shape index (κ3) is 3.56. The van der Waals surface area contributed by atoms with Gasteiger partial charge in [0, 0.05) is 5.56 Å². The highest BCUT2D eigenvalue weighted by molar-refractivity contribution is 5.94. The third-order valence-electron chi connectivity index (χ3n) is 2.10. The molecule has 7 heteroatoms. The molecule has 0 aliphatic rings. The Morgan fingerprint density at radius 3 is 2.59 bits per heavy atom. The van der Waals surface area contributed by atoms with Crippen molar-refractivity contribution in [2.45, 2.75) is 5.92 Å². The number of nitrogens with one attached hydrogen (secondary N) is 1. The fraction of sp³-hybridized carbons (Fsp3) is 0.300. The van der Waals surface area contributed by atoms with E-state index in [4.69, 9.17) is 16.6 Å². The first kappa shape index (κ1) is 13.2. The van der Waals surface area contributed by atoms with Gasteiger partial charge in [-0.15, -0.1) is 0 Å². The van der Waals surface area contributed by atoms with E-state index in [0.717, 1.165) is 0 Å². The molecule has 0 aliphatic heterocycles. The number of hydrogen-bond acceptors (Lipinski definition) is 4. The number of nitrogens with two attached hydrogens (primary N) is 2. The van der Waals surface area contributed by atoms with Crippen LogP contribution in [0.15, 0.2) is 18.2 Å². The second-order valence-electron chi connectivity index (χ2n) is 3.53. The van der Waals surface area contributed by atoms with Crippen molar-refractivity contribution in [3.8, 4) is 0 Å². The van der Waals surface area contributed by atoms with Crippen LogP contribution in [-0.2, 0) is 0 Å². The smallest absolute Gasteiger partial charge is 0.287 e. The highest BCUT2D eigenvalue weighted by Crippen LogP contribution is 2.21. The first-order chi connectivity index (χ1) is 7.85. The van der Waals surface area contributed by atoms with Gasteiger partial charge in [0.15, 0.2) is 0 Å². The van der Waals surface area contributed by atoms with Gasteiger partial charge in [-0.1, -0.05) is 0 Å². The van der Waals surface area contributed by atoms with Crippen molar-refractivity contribution in [1.29, 1.82) is 0 Å². The zero-order valence-electron chi connectivity index (χ0n) is 8.91. The van der Waals surface area contributed by atoms with Crippen LogP contribution in [0, 0.1) is 0 Å². The maximum Gasteiger partial charge on any atom is 0.287 e. The van der Waals surface area contributed by atoms with Crippen molar-refractivity contribution in [3.05, 3.63) is 23.8 Å². The zero-order chi connectivity index (χ0) is 13.1. The molecule has 1 amide bonds. The largest absolute Gasteiger partial charge is 0.397 e. The molecular formula is C10H13F2N3O2. The third-order valence-corrected chi connectivity index (χ3v) is 2.10. The Kier molecular flexibility index (Phi) is 3.84. The number of carbonyl (C=O) groups excluding carboxylic acids is 1. The van der Waals surface area contributed by atoms with Crippen molar-refractivity contribution in [3.63, 3.8) is 0 Å². The van der Waals surface area contributed by atoms with E-state index in [-0.39, 0.29) is 16.9 Å². The number of carbonyl (C=O) groups is 1. The molecule has 0 bridgehead atoms. The van der Waals surface area contributed by atoms with Crippen LogP contribution < -0.4 is 16.8 Å². The quantitative estimate of drug-likeness (QED) is 0.564. The lowest BCUT2D eigenvalue weighted by molar-refractivity contribution is -0.0372. The second-order valence-corrected chi connectivity index (χ2v) is 3.53. The monoisotopic (exact) mass is 245 g/mol. The molecule has 6 N–H and O–H groups in total. The number of alkyl halides is 2. The molecule has 0 saturated carbocycles. The molecular weight excluding hydrogens is 232 g/mol. The summed E-state index contributed by atoms with van der Waals surface area (Å²) in [6.07, 6.45) is 0. The Morgan fingerprint density at radius 2 is 2.12 bits per heavy atom. The van der Waals surface area contributed by atoms with Crippen LogP contribution in [0.25, 0.3) is 0 Å². The zero-order valence-corrected chi connectivity index (χ0v) is 8.91. The Balaban J connectivity index is 2.77. The minimum atomic E-state index is -3.23. The van der Waals surface area contributed by atoms with Crippen molar-refractivity contribution in [1.82, 2.24) is 0 Å². The van der Waals surface area contributed by atoms with Crippen molar-refractivity contribution in [2.75, 3.05) is 24.2 Å². The van der Waals surface area contributed by atoms with Gasteiger partial charge in [0.25, 0.3) is 5.92 Å². The molecule has 0 aromatic heterocycles. The summed E-state index contributed by atoms with van der Waals surface area (Å²) < 4.78 is 25.5. The number of primary amides is 1. The van der Waals surface area contributed by atoms with E-state index in [1.54, 1.807) is 0 Å². The van der Waals surface area contributed by atoms with Gasteiger partial charge in [-0.2, -0.15) is 0 Å². The lowest BCUT2D eigenvalue weighted by atomic mass is 10.1. The fourth-order valence-electron chi connectivity index (χ4n) is 1.16. The van der Waals surface area contributed by atoms with Crippen LogP contribution in [0.2, 0.25) is 0 Å². The lowest BCUT2D eigenvalue weighted by Crippen LogP contribution is -2.31. The SMILES string of the molecule is NC(=O)c1ccc(NCC(F)(F)CO)c(N)c1. The summed E-state index contributed by atoms with van der Waals surface area (Å²) in [5.74, 6) is -3.88. The standard InChI is InChI=1S/C10H13F2N3O2/c11-10(12,5-16)4-15-8-2-1-6(9(14)17)3-7(8)13/h1-3,15-16H,4-5,13H2,(H2,14,17). The Morgan fingerprint density at radius 1 is 1.47 bits per heavy atom. The molecule has 0 atom stereocenters. The van der Waals surface area contributed by atoms with Gasteiger partial charge in [0.05, 0.1) is 17.9 Å². The predicted octanol–water partition coefficient (Wildman–Crippen LogP) is 0.407. The molecule has 0 saturated heterocycles. The van der Waals surface area contributed by atoms with E-state index < -0.39 is 25.0 Å². The maximum atomic E-state index is 12.8. The fourth-order valence-corrected chi connectivity index (χ4v) is 1.16. The molecule has 1 aromatic rings. The second kappa shape index (κ2) is 4.96. The Hall–Kier alpha value is -1.89. The summed E-state index contributed by atoms with van der Waals surface area (Å²) in [7, 11) is 0. The number of anilines is 2. The van der Waals surface area contributed by atoms with Gasteiger partial charge in [-0.3, -0.25) is 4.79 Å². The molecule has 0 heterocycles. The summed E-state index contributed by atoms with van der Waals surface area (Å²) >= 11 is 0. The minimum Gasteiger partial charge on any atom is -0.397 e. The van der Waals surface area contributed by atoms with Gasteiger partial charge in [-0.25, -0.2) is 8.78 Å². The summed E-state index contributed by atoms with van der Waals surface area (Å²) in [6, 6.07) is 4.04. The van der Waals surface area contributed by atoms with Crippen LogP contribution in [0.5, 0.6) is 0 Å². The predicted molar refractivity (Wildman–Crippen MR) is 59.9 cm³/mol. The number of benzene rings is 1. The van der Waals surface area contributed by atoms with Crippen molar-refractivity contribution < 1.29 is 18.7 Å². The van der Waals surface area contributed by atoms with E-state index >= 15 is 0 Å². The van der Waals surface area contributed by atoms with E-state index in [9.17, 15) is 13.6 Å². The van der Waals surface area contributed by atoms with Crippen LogP contribution >= 0.6 is 0 Å². The molecule has 1 rings (SSSR count). The number of halogens is 2. The van der Waals surface area contributed by atoms with Crippen molar-refractivity contribution >= 4 is 17.3 Å². The average molecular weight is 245 g/mol. The summed E-state index contributed by atoms with van der Waals surface area (Å²) in [4.78, 5) is 10.8. The molecule has 1 aromatic carbocycles. The first-order valence-corrected chi connectivity index (χ1v) is 4.77. The number of hydrogen-bond donors (Lipinski definition) is 4. The molecule has 0 fully saturated rings. The van der Waals surface area contributed by atoms with E-state index in [1.165, 1.54) is 18.2 Å². The number of rotatable bonds is 5. The number of aliphatic hydroxyl groups is 1. The number of amides is 1. The first-order valence-electron chi connectivity index (χ1n) is 4.77. The van der Waals surface area contributed by atoms with Gasteiger partial charge in [-0.05, 0) is 18.2 Å². The molecule has 94 valence electrons. The van der Waals surface area contributed by atoms with Crippen LogP contribution in [0.4, 0.5) is 20.2 Å². The molecule has 0 unspecified atom stereocenters. The summed E-state index contributed by atoms with van der Waals surface area (Å²) in [5.41, 5.74) is 11.2. The number of aliphatic hydroxyl groups excluding tert-OH is 1.